The molecule has 0 spiro atoms. The highest BCUT2D eigenvalue weighted by atomic mass is 35.5. The van der Waals surface area contributed by atoms with E-state index in [4.69, 9.17) is 10.5 Å². The van der Waals surface area contributed by atoms with Crippen LogP contribution in [0.1, 0.15) is 35.7 Å². The summed E-state index contributed by atoms with van der Waals surface area (Å²) in [6, 6.07) is 6.61. The molecule has 0 amide bonds. The van der Waals surface area contributed by atoms with Gasteiger partial charge in [0.15, 0.2) is 0 Å². The van der Waals surface area contributed by atoms with Crippen LogP contribution in [-0.4, -0.2) is 44.9 Å². The Balaban J connectivity index is 0.00000288. The number of methoxy groups -OCH3 is 1. The molecule has 2 atom stereocenters. The Bertz CT molecular complexity index is 664. The lowest BCUT2D eigenvalue weighted by molar-refractivity contribution is 0.0600. The van der Waals surface area contributed by atoms with Gasteiger partial charge in [0.2, 0.25) is 10.0 Å². The molecule has 1 aromatic rings. The van der Waals surface area contributed by atoms with Gasteiger partial charge in [0.05, 0.1) is 18.4 Å². The van der Waals surface area contributed by atoms with E-state index in [-0.39, 0.29) is 30.1 Å². The number of carbonyl (C=O) groups is 1. The van der Waals surface area contributed by atoms with Crippen molar-refractivity contribution in [1.82, 2.24) is 4.31 Å². The maximum Gasteiger partial charge on any atom is 0.338 e. The summed E-state index contributed by atoms with van der Waals surface area (Å²) in [6.45, 7) is 2.86. The molecule has 1 saturated heterocycles. The number of sulfonamides is 1. The molecule has 0 saturated carbocycles. The number of rotatable bonds is 5. The van der Waals surface area contributed by atoms with Crippen LogP contribution in [0.2, 0.25) is 0 Å². The number of benzene rings is 1. The molecule has 1 heterocycles. The predicted molar refractivity (Wildman–Crippen MR) is 95.6 cm³/mol. The Kier molecular flexibility index (Phi) is 7.66. The second kappa shape index (κ2) is 8.80. The molecule has 0 bridgehead atoms. The molecule has 6 nitrogen and oxygen atoms in total. The summed E-state index contributed by atoms with van der Waals surface area (Å²) < 4.78 is 31.7. The van der Waals surface area contributed by atoms with Gasteiger partial charge in [-0.1, -0.05) is 18.2 Å². The Morgan fingerprint density at radius 3 is 2.71 bits per heavy atom. The summed E-state index contributed by atoms with van der Waals surface area (Å²) in [5.74, 6) is -0.554. The summed E-state index contributed by atoms with van der Waals surface area (Å²) >= 11 is 0. The average molecular weight is 377 g/mol. The Hall–Kier alpha value is -1.15. The zero-order valence-corrected chi connectivity index (χ0v) is 15.6. The van der Waals surface area contributed by atoms with E-state index in [2.05, 4.69) is 0 Å². The van der Waals surface area contributed by atoms with E-state index in [1.54, 1.807) is 24.3 Å². The van der Waals surface area contributed by atoms with Crippen LogP contribution in [0, 0.1) is 5.92 Å². The fraction of sp³-hybridized carbons (Fsp3) is 0.562. The van der Waals surface area contributed by atoms with Crippen LogP contribution < -0.4 is 5.73 Å². The van der Waals surface area contributed by atoms with Crippen LogP contribution in [0.3, 0.4) is 0 Å². The van der Waals surface area contributed by atoms with Crippen molar-refractivity contribution in [2.24, 2.45) is 11.7 Å². The van der Waals surface area contributed by atoms with Gasteiger partial charge < -0.3 is 10.5 Å². The highest BCUT2D eigenvalue weighted by Gasteiger charge is 2.31. The van der Waals surface area contributed by atoms with Crippen LogP contribution in [0.15, 0.2) is 24.3 Å². The summed E-state index contributed by atoms with van der Waals surface area (Å²) in [6.07, 6.45) is 1.76. The van der Waals surface area contributed by atoms with Crippen LogP contribution >= 0.6 is 12.4 Å². The van der Waals surface area contributed by atoms with Gasteiger partial charge >= 0.3 is 5.97 Å². The third-order valence-electron chi connectivity index (χ3n) is 4.32. The van der Waals surface area contributed by atoms with E-state index in [0.717, 1.165) is 12.8 Å². The van der Waals surface area contributed by atoms with Crippen LogP contribution in [0.4, 0.5) is 0 Å². The van der Waals surface area contributed by atoms with Crippen molar-refractivity contribution < 1.29 is 17.9 Å². The van der Waals surface area contributed by atoms with Gasteiger partial charge in [-0.15, -0.1) is 12.4 Å². The number of hydrogen-bond donors (Lipinski definition) is 1. The van der Waals surface area contributed by atoms with Crippen molar-refractivity contribution in [2.45, 2.75) is 31.6 Å². The largest absolute Gasteiger partial charge is 0.465 e. The minimum absolute atomic E-state index is 0. The lowest BCUT2D eigenvalue weighted by atomic mass is 9.93. The highest BCUT2D eigenvalue weighted by molar-refractivity contribution is 7.88. The number of nitrogens with zero attached hydrogens (tertiary/aromatic N) is 1. The van der Waals surface area contributed by atoms with E-state index in [0.29, 0.717) is 24.2 Å². The van der Waals surface area contributed by atoms with Crippen LogP contribution in [-0.2, 0) is 20.5 Å². The van der Waals surface area contributed by atoms with Crippen LogP contribution in [0.25, 0.3) is 0 Å². The standard InChI is InChI=1S/C16H24N2O4S.ClH/c1-12(17)13-7-5-9-18(10-13)23(20,21)11-14-6-3-4-8-15(14)16(19)22-2;/h3-4,6,8,12-13H,5,7,9-11,17H2,1-2H3;1H. The minimum atomic E-state index is -3.50. The van der Waals surface area contributed by atoms with Gasteiger partial charge in [-0.05, 0) is 37.3 Å². The fourth-order valence-electron chi connectivity index (χ4n) is 2.90. The Labute approximate surface area is 149 Å². The molecular weight excluding hydrogens is 352 g/mol. The van der Waals surface area contributed by atoms with Crippen molar-refractivity contribution in [1.29, 1.82) is 0 Å². The number of piperidine rings is 1. The van der Waals surface area contributed by atoms with Crippen molar-refractivity contribution in [3.63, 3.8) is 0 Å². The molecule has 2 N–H and O–H groups in total. The number of esters is 1. The molecule has 136 valence electrons. The first-order valence-corrected chi connectivity index (χ1v) is 9.35. The molecule has 1 aromatic carbocycles. The summed E-state index contributed by atoms with van der Waals surface area (Å²) in [4.78, 5) is 11.8. The van der Waals surface area contributed by atoms with Gasteiger partial charge in [0, 0.05) is 19.1 Å². The van der Waals surface area contributed by atoms with Crippen LogP contribution in [0.5, 0.6) is 0 Å². The summed E-state index contributed by atoms with van der Waals surface area (Å²) in [7, 11) is -2.21. The molecule has 2 rings (SSSR count). The monoisotopic (exact) mass is 376 g/mol. The lowest BCUT2D eigenvalue weighted by Gasteiger charge is -2.33. The van der Waals surface area contributed by atoms with Crippen molar-refractivity contribution in [3.05, 3.63) is 35.4 Å². The second-order valence-corrected chi connectivity index (χ2v) is 7.99. The number of nitrogens with two attached hydrogens (primary N) is 1. The van der Waals surface area contributed by atoms with Gasteiger partial charge in [0.25, 0.3) is 0 Å². The van der Waals surface area contributed by atoms with Crippen molar-refractivity contribution in [3.8, 4) is 0 Å². The fourth-order valence-corrected chi connectivity index (χ4v) is 4.55. The number of ether oxygens (including phenoxy) is 1. The third kappa shape index (κ3) is 4.92. The van der Waals surface area contributed by atoms with Gasteiger partial charge in [-0.3, -0.25) is 0 Å². The topological polar surface area (TPSA) is 89.7 Å². The summed E-state index contributed by atoms with van der Waals surface area (Å²) in [5.41, 5.74) is 6.68. The van der Waals surface area contributed by atoms with E-state index < -0.39 is 16.0 Å². The average Bonchev–Trinajstić information content (AvgIpc) is 2.54. The number of halogens is 1. The van der Waals surface area contributed by atoms with Gasteiger partial charge in [-0.2, -0.15) is 0 Å². The maximum atomic E-state index is 12.7. The molecule has 0 aromatic heterocycles. The molecule has 0 radical (unpaired) electrons. The van der Waals surface area contributed by atoms with E-state index >= 15 is 0 Å². The first-order valence-electron chi connectivity index (χ1n) is 7.74. The molecule has 1 aliphatic rings. The molecule has 24 heavy (non-hydrogen) atoms. The molecule has 8 heteroatoms. The number of carbonyl (C=O) groups excluding carboxylic acids is 1. The second-order valence-electron chi connectivity index (χ2n) is 6.02. The zero-order chi connectivity index (χ0) is 17.0. The van der Waals surface area contributed by atoms with Crippen molar-refractivity contribution in [2.75, 3.05) is 20.2 Å². The Morgan fingerprint density at radius 2 is 2.08 bits per heavy atom. The SMILES string of the molecule is COC(=O)c1ccccc1CS(=O)(=O)N1CCCC(C(C)N)C1.Cl. The van der Waals surface area contributed by atoms with Gasteiger partial charge in [0.1, 0.15) is 0 Å². The zero-order valence-electron chi connectivity index (χ0n) is 14.0. The normalized spacial score (nSPS) is 20.0. The van der Waals surface area contributed by atoms with Gasteiger partial charge in [-0.25, -0.2) is 17.5 Å². The first kappa shape index (κ1) is 20.9. The van der Waals surface area contributed by atoms with Crippen molar-refractivity contribution >= 4 is 28.4 Å². The highest BCUT2D eigenvalue weighted by Crippen LogP contribution is 2.24. The molecule has 1 fully saturated rings. The maximum absolute atomic E-state index is 12.7. The lowest BCUT2D eigenvalue weighted by Crippen LogP contribution is -2.45. The summed E-state index contributed by atoms with van der Waals surface area (Å²) in [5, 5.41) is 0. The Morgan fingerprint density at radius 1 is 1.42 bits per heavy atom. The van der Waals surface area contributed by atoms with E-state index in [9.17, 15) is 13.2 Å². The quantitative estimate of drug-likeness (QED) is 0.791. The van der Waals surface area contributed by atoms with E-state index in [1.165, 1.54) is 11.4 Å². The first-order chi connectivity index (χ1) is 10.8. The minimum Gasteiger partial charge on any atom is -0.465 e. The molecule has 2 unspecified atom stereocenters. The smallest absolute Gasteiger partial charge is 0.338 e. The number of hydrogen-bond acceptors (Lipinski definition) is 5. The molecular formula is C16H25ClN2O4S. The van der Waals surface area contributed by atoms with E-state index in [1.807, 2.05) is 6.92 Å². The predicted octanol–water partition coefficient (Wildman–Crippen LogP) is 1.78. The molecule has 0 aliphatic carbocycles. The third-order valence-corrected chi connectivity index (χ3v) is 6.11. The molecule has 1 aliphatic heterocycles.